The lowest BCUT2D eigenvalue weighted by atomic mass is 9.48. The third-order valence-corrected chi connectivity index (χ3v) is 12.6. The summed E-state index contributed by atoms with van der Waals surface area (Å²) < 4.78 is 58.5. The molecule has 6 aliphatic rings. The van der Waals surface area contributed by atoms with Crippen molar-refractivity contribution in [1.82, 2.24) is 29.8 Å². The van der Waals surface area contributed by atoms with Gasteiger partial charge >= 0.3 is 12.1 Å². The number of hydrogen-bond donors (Lipinski definition) is 2. The molecule has 0 radical (unpaired) electrons. The highest BCUT2D eigenvalue weighted by Crippen LogP contribution is 2.58. The Morgan fingerprint density at radius 1 is 0.944 bits per heavy atom. The van der Waals surface area contributed by atoms with Crippen molar-refractivity contribution in [1.29, 1.82) is 0 Å². The summed E-state index contributed by atoms with van der Waals surface area (Å²) >= 11 is 0. The van der Waals surface area contributed by atoms with Gasteiger partial charge in [0.2, 0.25) is 5.95 Å². The molecule has 1 aromatic carbocycles. The van der Waals surface area contributed by atoms with Gasteiger partial charge in [0.15, 0.2) is 11.5 Å². The molecule has 54 heavy (non-hydrogen) atoms. The van der Waals surface area contributed by atoms with Crippen LogP contribution in [0.15, 0.2) is 49.1 Å². The van der Waals surface area contributed by atoms with Crippen LogP contribution in [0.1, 0.15) is 79.9 Å². The van der Waals surface area contributed by atoms with Crippen molar-refractivity contribution in [2.75, 3.05) is 31.2 Å². The molecular formula is C39H42F3N7O5. The lowest BCUT2D eigenvalue weighted by Gasteiger charge is -2.59. The molecule has 0 spiro atoms. The molecule has 0 atom stereocenters. The van der Waals surface area contributed by atoms with E-state index in [2.05, 4.69) is 34.7 Å². The normalized spacial score (nSPS) is 27.4. The van der Waals surface area contributed by atoms with Gasteiger partial charge in [-0.15, -0.1) is 0 Å². The SMILES string of the molecule is O=C(NC1(C(=O)O)C2CC3CC(C2)CC1C3)c1cnc(-c2cn(C3CCOCC3)c3cc(OC4CCN(c5ncccn5)CC4)ccc23)nc1C(F)(F)F. The van der Waals surface area contributed by atoms with E-state index in [9.17, 15) is 27.9 Å². The Balaban J connectivity index is 1.02. The van der Waals surface area contributed by atoms with Gasteiger partial charge in [-0.3, -0.25) is 4.79 Å². The number of alkyl halides is 3. The first-order valence-electron chi connectivity index (χ1n) is 19.0. The summed E-state index contributed by atoms with van der Waals surface area (Å²) in [6.07, 6.45) is 7.70. The minimum atomic E-state index is -5.01. The van der Waals surface area contributed by atoms with E-state index in [1.165, 1.54) is 0 Å². The van der Waals surface area contributed by atoms with Crippen molar-refractivity contribution < 1.29 is 37.3 Å². The first-order valence-corrected chi connectivity index (χ1v) is 19.0. The number of carboxylic acid groups (broad SMARTS) is 1. The van der Waals surface area contributed by atoms with Gasteiger partial charge < -0.3 is 29.4 Å². The summed E-state index contributed by atoms with van der Waals surface area (Å²) in [7, 11) is 0. The van der Waals surface area contributed by atoms with E-state index in [-0.39, 0.29) is 29.8 Å². The molecule has 4 aromatic rings. The number of carboxylic acids is 1. The summed E-state index contributed by atoms with van der Waals surface area (Å²) in [4.78, 5) is 45.8. The van der Waals surface area contributed by atoms with E-state index in [0.29, 0.717) is 73.4 Å². The average Bonchev–Trinajstić information content (AvgIpc) is 3.55. The second kappa shape index (κ2) is 13.5. The monoisotopic (exact) mass is 745 g/mol. The molecule has 4 aliphatic carbocycles. The molecule has 6 fully saturated rings. The van der Waals surface area contributed by atoms with Gasteiger partial charge in [0.05, 0.1) is 11.1 Å². The zero-order valence-electron chi connectivity index (χ0n) is 29.7. The van der Waals surface area contributed by atoms with Gasteiger partial charge in [-0.1, -0.05) is 0 Å². The highest BCUT2D eigenvalue weighted by molar-refractivity contribution is 6.00. The quantitative estimate of drug-likeness (QED) is 0.210. The van der Waals surface area contributed by atoms with Crippen molar-refractivity contribution >= 4 is 28.7 Å². The van der Waals surface area contributed by atoms with Crippen molar-refractivity contribution in [3.05, 3.63) is 60.3 Å². The molecule has 12 nitrogen and oxygen atoms in total. The fourth-order valence-electron chi connectivity index (χ4n) is 10.3. The predicted octanol–water partition coefficient (Wildman–Crippen LogP) is 6.32. The Bertz CT molecular complexity index is 2030. The molecule has 5 heterocycles. The average molecular weight is 746 g/mol. The predicted molar refractivity (Wildman–Crippen MR) is 190 cm³/mol. The Labute approximate surface area is 309 Å². The van der Waals surface area contributed by atoms with Crippen LogP contribution in [0.2, 0.25) is 0 Å². The number of amides is 1. The van der Waals surface area contributed by atoms with E-state index in [1.807, 2.05) is 18.2 Å². The van der Waals surface area contributed by atoms with E-state index >= 15 is 0 Å². The summed E-state index contributed by atoms with van der Waals surface area (Å²) in [6.45, 7) is 2.59. The Morgan fingerprint density at radius 3 is 2.28 bits per heavy atom. The molecule has 1 amide bonds. The topological polar surface area (TPSA) is 145 Å². The Hall–Kier alpha value is -4.79. The van der Waals surface area contributed by atoms with Crippen LogP contribution < -0.4 is 15.0 Å². The maximum absolute atomic E-state index is 14.8. The van der Waals surface area contributed by atoms with Crippen molar-refractivity contribution in [2.24, 2.45) is 23.7 Å². The van der Waals surface area contributed by atoms with Crippen LogP contribution in [0.25, 0.3) is 22.3 Å². The number of fused-ring (bicyclic) bond motifs is 1. The van der Waals surface area contributed by atoms with Crippen molar-refractivity contribution in [3.63, 3.8) is 0 Å². The number of hydrogen-bond acceptors (Lipinski definition) is 9. The van der Waals surface area contributed by atoms with Crippen LogP contribution in [-0.2, 0) is 15.7 Å². The molecule has 2 N–H and O–H groups in total. The van der Waals surface area contributed by atoms with Crippen LogP contribution in [0.4, 0.5) is 19.1 Å². The summed E-state index contributed by atoms with van der Waals surface area (Å²) in [5, 5.41) is 13.8. The van der Waals surface area contributed by atoms with Crippen LogP contribution in [0, 0.1) is 23.7 Å². The van der Waals surface area contributed by atoms with Gasteiger partial charge in [0.1, 0.15) is 17.4 Å². The van der Waals surface area contributed by atoms with Gasteiger partial charge in [-0.2, -0.15) is 13.2 Å². The van der Waals surface area contributed by atoms with Gasteiger partial charge in [-0.05, 0) is 86.8 Å². The second-order valence-electron chi connectivity index (χ2n) is 15.7. The third kappa shape index (κ3) is 6.13. The highest BCUT2D eigenvalue weighted by Gasteiger charge is 2.62. The number of nitrogens with zero attached hydrogens (tertiary/aromatic N) is 6. The van der Waals surface area contributed by atoms with Crippen LogP contribution >= 0.6 is 0 Å². The standard InChI is InChI=1S/C39H42F3N7O5/c40-39(41,42)33-30(35(50)47-38(36(51)52)24-15-22-14-23(17-24)18-25(38)16-22)20-45-34(46-33)31-21-49(26-6-12-53-13-7-26)32-19-28(2-3-29(31)32)54-27-4-10-48(11-5-27)37-43-8-1-9-44-37/h1-3,8-9,19-27H,4-7,10-18H2,(H,47,50)(H,51,52). The lowest BCUT2D eigenvalue weighted by molar-refractivity contribution is -0.163. The number of carbonyl (C=O) groups is 2. The van der Waals surface area contributed by atoms with Crippen LogP contribution in [0.5, 0.6) is 5.75 Å². The maximum atomic E-state index is 14.8. The first kappa shape index (κ1) is 34.9. The Morgan fingerprint density at radius 2 is 1.63 bits per heavy atom. The molecule has 3 aromatic heterocycles. The zero-order chi connectivity index (χ0) is 37.2. The van der Waals surface area contributed by atoms with Crippen molar-refractivity contribution in [3.8, 4) is 17.1 Å². The van der Waals surface area contributed by atoms with Gasteiger partial charge in [-0.25, -0.2) is 24.7 Å². The van der Waals surface area contributed by atoms with Gasteiger partial charge in [0, 0.05) is 87.0 Å². The minimum Gasteiger partial charge on any atom is -0.490 e. The first-order chi connectivity index (χ1) is 26.1. The molecule has 0 unspecified atom stereocenters. The molecule has 2 saturated heterocycles. The van der Waals surface area contributed by atoms with E-state index in [1.54, 1.807) is 24.7 Å². The number of aliphatic carboxylic acids is 1. The number of benzene rings is 1. The minimum absolute atomic E-state index is 0.0275. The number of nitrogens with one attached hydrogen (secondary N) is 1. The number of carbonyl (C=O) groups excluding carboxylic acids is 1. The second-order valence-corrected chi connectivity index (χ2v) is 15.7. The van der Waals surface area contributed by atoms with E-state index in [0.717, 1.165) is 56.9 Å². The van der Waals surface area contributed by atoms with Crippen LogP contribution in [0.3, 0.4) is 0 Å². The number of halogens is 3. The van der Waals surface area contributed by atoms with E-state index < -0.39 is 34.8 Å². The smallest absolute Gasteiger partial charge is 0.434 e. The molecule has 2 aliphatic heterocycles. The van der Waals surface area contributed by atoms with Crippen LogP contribution in [-0.4, -0.2) is 79.4 Å². The fourth-order valence-corrected chi connectivity index (χ4v) is 10.3. The molecule has 10 rings (SSSR count). The summed E-state index contributed by atoms with van der Waals surface area (Å²) in [5.41, 5.74) is -2.63. The third-order valence-electron chi connectivity index (χ3n) is 12.6. The van der Waals surface area contributed by atoms with Crippen molar-refractivity contribution in [2.45, 2.75) is 81.6 Å². The van der Waals surface area contributed by atoms with E-state index in [4.69, 9.17) is 9.47 Å². The summed E-state index contributed by atoms with van der Waals surface area (Å²) in [6, 6.07) is 7.37. The summed E-state index contributed by atoms with van der Waals surface area (Å²) in [5.74, 6) is -1.01. The molecule has 4 saturated carbocycles. The number of piperidine rings is 1. The lowest BCUT2D eigenvalue weighted by Crippen LogP contribution is -2.70. The van der Waals surface area contributed by atoms with Gasteiger partial charge in [0.25, 0.3) is 5.91 Å². The maximum Gasteiger partial charge on any atom is 0.434 e. The largest absolute Gasteiger partial charge is 0.490 e. The molecular weight excluding hydrogens is 703 g/mol. The number of rotatable bonds is 8. The fraction of sp³-hybridized carbons (Fsp3) is 0.538. The molecule has 4 bridgehead atoms. The molecule has 284 valence electrons. The number of aromatic nitrogens is 5. The molecule has 15 heteroatoms. The Kier molecular flexibility index (Phi) is 8.74. The number of anilines is 1. The number of ether oxygens (including phenoxy) is 2. The zero-order valence-corrected chi connectivity index (χ0v) is 29.7. The highest BCUT2D eigenvalue weighted by atomic mass is 19.4.